The van der Waals surface area contributed by atoms with Crippen LogP contribution in [0.1, 0.15) is 0 Å². The predicted octanol–water partition coefficient (Wildman–Crippen LogP) is 0.644. The third-order valence-corrected chi connectivity index (χ3v) is 2.08. The minimum absolute atomic E-state index is 1.32. The van der Waals surface area contributed by atoms with Crippen LogP contribution >= 0.6 is 21.2 Å². The molecule has 0 aliphatic heterocycles. The molecule has 0 radical (unpaired) electrons. The van der Waals surface area contributed by atoms with Crippen LogP contribution in [0.3, 0.4) is 0 Å². The summed E-state index contributed by atoms with van der Waals surface area (Å²) in [6.07, 6.45) is 0. The summed E-state index contributed by atoms with van der Waals surface area (Å²) in [6.45, 7) is 0. The van der Waals surface area contributed by atoms with Crippen LogP contribution in [0.2, 0.25) is 0 Å². The predicted molar refractivity (Wildman–Crippen MR) is 36.5 cm³/mol. The van der Waals surface area contributed by atoms with Gasteiger partial charge in [-0.05, 0) is 0 Å². The van der Waals surface area contributed by atoms with E-state index in [1.165, 1.54) is 7.11 Å². The molecule has 5 heteroatoms. The summed E-state index contributed by atoms with van der Waals surface area (Å²) >= 11 is 5.84. The Morgan fingerprint density at radius 3 is 2.17 bits per heavy atom. The molecule has 0 amide bonds. The molecule has 1 unspecified atom stereocenters. The average molecular weight is 238 g/mol. The summed E-state index contributed by atoms with van der Waals surface area (Å²) < 4.78 is 14.4. The summed E-state index contributed by atoms with van der Waals surface area (Å²) in [4.78, 5) is 0. The Balaban J connectivity index is 3.85. The van der Waals surface area contributed by atoms with E-state index in [9.17, 15) is 4.21 Å². The lowest BCUT2D eigenvalue weighted by Crippen LogP contribution is -1.84. The van der Waals surface area contributed by atoms with Crippen molar-refractivity contribution in [1.29, 1.82) is 0 Å². The molecule has 38 valence electrons. The van der Waals surface area contributed by atoms with E-state index in [0.717, 1.165) is 0 Å². The molecule has 0 heterocycles. The minimum Gasteiger partial charge on any atom is -0.286 e. The zero-order chi connectivity index (χ0) is 5.21. The van der Waals surface area contributed by atoms with Crippen LogP contribution in [0.25, 0.3) is 0 Å². The van der Waals surface area contributed by atoms with Gasteiger partial charge in [0.05, 0.1) is 28.3 Å². The topological polar surface area (TPSA) is 26.3 Å². The molecule has 6 heavy (non-hydrogen) atoms. The van der Waals surface area contributed by atoms with E-state index in [2.05, 4.69) is 15.4 Å². The molecule has 0 saturated heterocycles. The second kappa shape index (κ2) is 2.39. The van der Waals surface area contributed by atoms with Crippen molar-refractivity contribution in [2.75, 3.05) is 7.11 Å². The Kier molecular flexibility index (Phi) is 2.81. The average Bonchev–Trinajstić information content (AvgIpc) is 1.35. The highest BCUT2D eigenvalue weighted by Crippen LogP contribution is 1.99. The van der Waals surface area contributed by atoms with Gasteiger partial charge in [0, 0.05) is 11.2 Å². The highest BCUT2D eigenvalue weighted by atomic mass is 127. The van der Waals surface area contributed by atoms with Gasteiger partial charge in [-0.2, -0.15) is 0 Å². The lowest BCUT2D eigenvalue weighted by atomic mass is 11.8. The van der Waals surface area contributed by atoms with Gasteiger partial charge in [-0.25, -0.2) is 4.21 Å². The molecule has 0 aromatic heterocycles. The molecule has 0 rings (SSSR count). The third-order valence-electron chi connectivity index (χ3n) is 0.199. The van der Waals surface area contributed by atoms with Gasteiger partial charge in [-0.15, -0.1) is 0 Å². The minimum atomic E-state index is -2.36. The van der Waals surface area contributed by atoms with E-state index in [0.29, 0.717) is 0 Å². The standard InChI is InChI=1S/CH3IO2S2/c1-4-6(2,3)5/h1H3. The fourth-order valence-electron chi connectivity index (χ4n) is 0. The van der Waals surface area contributed by atoms with Crippen molar-refractivity contribution in [3.63, 3.8) is 0 Å². The maximum absolute atomic E-state index is 10.1. The second-order valence-electron chi connectivity index (χ2n) is 0.560. The molecule has 0 fully saturated rings. The SMILES string of the molecule is COS(=O)(=S)I. The van der Waals surface area contributed by atoms with E-state index >= 15 is 0 Å². The van der Waals surface area contributed by atoms with E-state index in [-0.39, 0.29) is 0 Å². The Bertz CT molecular complexity index is 114. The quantitative estimate of drug-likeness (QED) is 0.495. The van der Waals surface area contributed by atoms with Crippen molar-refractivity contribution in [2.24, 2.45) is 0 Å². The van der Waals surface area contributed by atoms with E-state index < -0.39 is 5.94 Å². The molecule has 0 N–H and O–H groups in total. The van der Waals surface area contributed by atoms with Crippen molar-refractivity contribution in [1.82, 2.24) is 0 Å². The molecular weight excluding hydrogens is 235 g/mol. The highest BCUT2D eigenvalue weighted by molar-refractivity contribution is 14.2. The second-order valence-corrected chi connectivity index (χ2v) is 8.27. The zero-order valence-electron chi connectivity index (χ0n) is 3.01. The first-order valence-corrected chi connectivity index (χ1v) is 6.01. The normalized spacial score (nSPS) is 19.7. The van der Waals surface area contributed by atoms with Gasteiger partial charge in [0.1, 0.15) is 0 Å². The summed E-state index contributed by atoms with van der Waals surface area (Å²) in [5.74, 6) is -2.36. The van der Waals surface area contributed by atoms with Gasteiger partial charge < -0.3 is 0 Å². The molecule has 0 bridgehead atoms. The zero-order valence-corrected chi connectivity index (χ0v) is 6.80. The highest BCUT2D eigenvalue weighted by Gasteiger charge is 1.88. The molecule has 2 nitrogen and oxygen atoms in total. The fourth-order valence-corrected chi connectivity index (χ4v) is 0. The molecular formula is CH3IO2S2. The molecule has 0 aliphatic carbocycles. The maximum atomic E-state index is 10.1. The van der Waals surface area contributed by atoms with Crippen molar-refractivity contribution >= 4 is 38.3 Å². The van der Waals surface area contributed by atoms with Gasteiger partial charge in [0.15, 0.2) is 5.94 Å². The lowest BCUT2D eigenvalue weighted by molar-refractivity contribution is 0.458. The van der Waals surface area contributed by atoms with E-state index in [1.807, 2.05) is 0 Å². The number of hydrogen-bond donors (Lipinski definition) is 0. The first-order valence-electron chi connectivity index (χ1n) is 1.06. The Morgan fingerprint density at radius 2 is 2.17 bits per heavy atom. The van der Waals surface area contributed by atoms with Crippen molar-refractivity contribution in [2.45, 2.75) is 0 Å². The van der Waals surface area contributed by atoms with Crippen LogP contribution in [0, 0.1) is 0 Å². The van der Waals surface area contributed by atoms with Crippen molar-refractivity contribution in [3.05, 3.63) is 0 Å². The fraction of sp³-hybridized carbons (Fsp3) is 1.00. The summed E-state index contributed by atoms with van der Waals surface area (Å²) in [7, 11) is 1.32. The molecule has 0 saturated carbocycles. The van der Waals surface area contributed by atoms with Gasteiger partial charge in [0.2, 0.25) is 0 Å². The van der Waals surface area contributed by atoms with Gasteiger partial charge in [0.25, 0.3) is 0 Å². The largest absolute Gasteiger partial charge is 0.286 e. The summed E-state index contributed by atoms with van der Waals surface area (Å²) in [5, 5.41) is 0. The molecule has 0 aromatic rings. The Labute approximate surface area is 53.7 Å². The third kappa shape index (κ3) is 5.06. The van der Waals surface area contributed by atoms with Crippen LogP contribution in [-0.2, 0) is 21.3 Å². The monoisotopic (exact) mass is 238 g/mol. The van der Waals surface area contributed by atoms with Crippen LogP contribution in [0.5, 0.6) is 0 Å². The number of hydrogen-bond acceptors (Lipinski definition) is 3. The summed E-state index contributed by atoms with van der Waals surface area (Å²) in [5.41, 5.74) is 0. The van der Waals surface area contributed by atoms with Crippen molar-refractivity contribution in [3.8, 4) is 0 Å². The molecule has 1 atom stereocenters. The molecule has 0 aliphatic rings. The van der Waals surface area contributed by atoms with Crippen LogP contribution in [0.15, 0.2) is 0 Å². The van der Waals surface area contributed by atoms with E-state index in [1.54, 1.807) is 21.2 Å². The van der Waals surface area contributed by atoms with Gasteiger partial charge >= 0.3 is 0 Å². The van der Waals surface area contributed by atoms with Crippen LogP contribution in [0.4, 0.5) is 0 Å². The molecule has 0 spiro atoms. The number of halogens is 1. The van der Waals surface area contributed by atoms with Crippen molar-refractivity contribution < 1.29 is 8.39 Å². The van der Waals surface area contributed by atoms with Crippen LogP contribution < -0.4 is 0 Å². The van der Waals surface area contributed by atoms with Gasteiger partial charge in [-0.1, -0.05) is 0 Å². The first kappa shape index (κ1) is 7.06. The Hall–Kier alpha value is 1.06. The summed E-state index contributed by atoms with van der Waals surface area (Å²) in [6, 6.07) is 0. The molecule has 0 aromatic carbocycles. The number of rotatable bonds is 1. The first-order chi connectivity index (χ1) is 2.56. The Morgan fingerprint density at radius 1 is 2.00 bits per heavy atom. The van der Waals surface area contributed by atoms with E-state index in [4.69, 9.17) is 0 Å². The van der Waals surface area contributed by atoms with Gasteiger partial charge in [-0.3, -0.25) is 4.18 Å². The maximum Gasteiger partial charge on any atom is 0.199 e. The smallest absolute Gasteiger partial charge is 0.199 e. The van der Waals surface area contributed by atoms with Crippen LogP contribution in [-0.4, -0.2) is 11.3 Å². The lowest BCUT2D eigenvalue weighted by Gasteiger charge is -1.85.